The number of aliphatic carboxylic acids is 1. The van der Waals surface area contributed by atoms with Gasteiger partial charge < -0.3 is 16.2 Å². The number of carboxylic acid groups (broad SMARTS) is 1. The lowest BCUT2D eigenvalue weighted by molar-refractivity contribution is -0.139. The van der Waals surface area contributed by atoms with E-state index in [1.165, 1.54) is 11.3 Å². The molecular formula is C12H11ClN4O2S. The topological polar surface area (TPSA) is 112 Å². The molecule has 0 aliphatic heterocycles. The van der Waals surface area contributed by atoms with Crippen LogP contribution in [0.5, 0.6) is 0 Å². The zero-order valence-electron chi connectivity index (χ0n) is 10.1. The van der Waals surface area contributed by atoms with Crippen LogP contribution in [0.15, 0.2) is 29.6 Å². The van der Waals surface area contributed by atoms with Gasteiger partial charge in [0.25, 0.3) is 0 Å². The zero-order chi connectivity index (χ0) is 14.7. The lowest BCUT2D eigenvalue weighted by Gasteiger charge is -2.11. The first kappa shape index (κ1) is 14.3. The van der Waals surface area contributed by atoms with Gasteiger partial charge in [-0.2, -0.15) is 0 Å². The molecule has 1 unspecified atom stereocenters. The summed E-state index contributed by atoms with van der Waals surface area (Å²) < 4.78 is 0. The number of benzene rings is 1. The normalized spacial score (nSPS) is 11.8. The van der Waals surface area contributed by atoms with Crippen molar-refractivity contribution < 1.29 is 9.90 Å². The van der Waals surface area contributed by atoms with Crippen molar-refractivity contribution in [1.29, 1.82) is 5.41 Å². The zero-order valence-corrected chi connectivity index (χ0v) is 11.7. The standard InChI is InChI=1S/C12H11ClN4O2S/c13-7-3-1-6(2-4-7)10-16-8(5-20-10)9(11(18)19)17-12(14)15/h1-5,9H,(H,18,19)(H4,14,15,17). The van der Waals surface area contributed by atoms with Crippen LogP contribution in [-0.2, 0) is 4.79 Å². The Morgan fingerprint density at radius 1 is 1.45 bits per heavy atom. The van der Waals surface area contributed by atoms with Gasteiger partial charge in [0.2, 0.25) is 0 Å². The summed E-state index contributed by atoms with van der Waals surface area (Å²) in [7, 11) is 0. The molecule has 1 heterocycles. The molecule has 1 atom stereocenters. The number of carbonyl (C=O) groups is 1. The third kappa shape index (κ3) is 3.25. The fourth-order valence-electron chi connectivity index (χ4n) is 1.56. The van der Waals surface area contributed by atoms with E-state index in [0.29, 0.717) is 15.7 Å². The van der Waals surface area contributed by atoms with Crippen molar-refractivity contribution in [2.75, 3.05) is 0 Å². The molecular weight excluding hydrogens is 300 g/mol. The molecule has 20 heavy (non-hydrogen) atoms. The molecule has 1 aromatic heterocycles. The maximum absolute atomic E-state index is 11.2. The Bertz CT molecular complexity index is 641. The van der Waals surface area contributed by atoms with E-state index in [2.05, 4.69) is 10.3 Å². The van der Waals surface area contributed by atoms with Gasteiger partial charge in [-0.15, -0.1) is 11.3 Å². The molecule has 0 saturated heterocycles. The maximum atomic E-state index is 11.2. The summed E-state index contributed by atoms with van der Waals surface area (Å²) in [6.45, 7) is 0. The summed E-state index contributed by atoms with van der Waals surface area (Å²) in [5, 5.41) is 21.5. The molecule has 1 aromatic carbocycles. The summed E-state index contributed by atoms with van der Waals surface area (Å²) in [6, 6.07) is 5.95. The van der Waals surface area contributed by atoms with Crippen molar-refractivity contribution in [1.82, 2.24) is 10.3 Å². The highest BCUT2D eigenvalue weighted by molar-refractivity contribution is 7.13. The molecule has 0 spiro atoms. The fraction of sp³-hybridized carbons (Fsp3) is 0.0833. The van der Waals surface area contributed by atoms with Crippen molar-refractivity contribution in [2.45, 2.75) is 6.04 Å². The van der Waals surface area contributed by atoms with Crippen LogP contribution in [0.4, 0.5) is 0 Å². The van der Waals surface area contributed by atoms with E-state index in [1.54, 1.807) is 29.6 Å². The van der Waals surface area contributed by atoms with E-state index in [4.69, 9.17) is 27.9 Å². The second kappa shape index (κ2) is 5.89. The highest BCUT2D eigenvalue weighted by Gasteiger charge is 2.23. The number of halogens is 1. The number of guanidine groups is 1. The minimum atomic E-state index is -1.15. The lowest BCUT2D eigenvalue weighted by atomic mass is 10.2. The summed E-state index contributed by atoms with van der Waals surface area (Å²) >= 11 is 7.12. The monoisotopic (exact) mass is 310 g/mol. The van der Waals surface area contributed by atoms with Crippen LogP contribution >= 0.6 is 22.9 Å². The van der Waals surface area contributed by atoms with Gasteiger partial charge in [0.15, 0.2) is 12.0 Å². The number of nitrogens with zero attached hydrogens (tertiary/aromatic N) is 1. The van der Waals surface area contributed by atoms with E-state index in [9.17, 15) is 4.79 Å². The first-order valence-electron chi connectivity index (χ1n) is 5.52. The van der Waals surface area contributed by atoms with Crippen molar-refractivity contribution in [3.63, 3.8) is 0 Å². The van der Waals surface area contributed by atoms with E-state index in [-0.39, 0.29) is 0 Å². The minimum absolute atomic E-state index is 0.308. The molecule has 6 nitrogen and oxygen atoms in total. The first-order valence-corrected chi connectivity index (χ1v) is 6.78. The Kier molecular flexibility index (Phi) is 4.21. The molecule has 0 bridgehead atoms. The highest BCUT2D eigenvalue weighted by Crippen LogP contribution is 2.27. The van der Waals surface area contributed by atoms with E-state index >= 15 is 0 Å². The first-order chi connectivity index (χ1) is 9.47. The third-order valence-electron chi connectivity index (χ3n) is 2.46. The third-order valence-corrected chi connectivity index (χ3v) is 3.62. The Morgan fingerprint density at radius 2 is 2.10 bits per heavy atom. The molecule has 2 rings (SSSR count). The number of hydrogen-bond acceptors (Lipinski definition) is 4. The highest BCUT2D eigenvalue weighted by atomic mass is 35.5. The molecule has 8 heteroatoms. The van der Waals surface area contributed by atoms with Gasteiger partial charge in [-0.05, 0) is 12.1 Å². The van der Waals surface area contributed by atoms with Crippen molar-refractivity contribution >= 4 is 34.9 Å². The molecule has 0 fully saturated rings. The Morgan fingerprint density at radius 3 is 2.65 bits per heavy atom. The lowest BCUT2D eigenvalue weighted by Crippen LogP contribution is -2.38. The number of nitrogens with one attached hydrogen (secondary N) is 2. The summed E-state index contributed by atoms with van der Waals surface area (Å²) in [5.74, 6) is -1.56. The predicted octanol–water partition coefficient (Wildman–Crippen LogP) is 2.07. The van der Waals surface area contributed by atoms with Crippen LogP contribution < -0.4 is 11.1 Å². The van der Waals surface area contributed by atoms with Gasteiger partial charge in [-0.3, -0.25) is 5.41 Å². The van der Waals surface area contributed by atoms with E-state index < -0.39 is 18.0 Å². The smallest absolute Gasteiger partial charge is 0.332 e. The number of hydrogen-bond donors (Lipinski definition) is 4. The van der Waals surface area contributed by atoms with E-state index in [1.807, 2.05) is 0 Å². The summed E-state index contributed by atoms with van der Waals surface area (Å²) in [6.07, 6.45) is 0. The molecule has 0 radical (unpaired) electrons. The van der Waals surface area contributed by atoms with Crippen molar-refractivity contribution in [3.05, 3.63) is 40.4 Å². The van der Waals surface area contributed by atoms with Crippen molar-refractivity contribution in [3.8, 4) is 10.6 Å². The number of thiazole rings is 1. The number of aromatic nitrogens is 1. The molecule has 0 aliphatic rings. The largest absolute Gasteiger partial charge is 0.479 e. The molecule has 5 N–H and O–H groups in total. The second-order valence-electron chi connectivity index (χ2n) is 3.91. The van der Waals surface area contributed by atoms with Gasteiger partial charge in [0.05, 0.1) is 5.69 Å². The summed E-state index contributed by atoms with van der Waals surface area (Å²) in [4.78, 5) is 15.4. The Hall–Kier alpha value is -2.12. The fourth-order valence-corrected chi connectivity index (χ4v) is 2.54. The summed E-state index contributed by atoms with van der Waals surface area (Å²) in [5.41, 5.74) is 6.33. The average molecular weight is 311 g/mol. The van der Waals surface area contributed by atoms with Gasteiger partial charge in [0.1, 0.15) is 5.01 Å². The molecule has 0 aliphatic carbocycles. The second-order valence-corrected chi connectivity index (χ2v) is 5.21. The van der Waals surface area contributed by atoms with Gasteiger partial charge in [0, 0.05) is 16.0 Å². The Balaban J connectivity index is 2.29. The van der Waals surface area contributed by atoms with Crippen LogP contribution in [0.1, 0.15) is 11.7 Å². The average Bonchev–Trinajstić information content (AvgIpc) is 2.85. The number of carboxylic acids is 1. The SMILES string of the molecule is N=C(N)NC(C(=O)O)c1csc(-c2ccc(Cl)cc2)n1. The van der Waals surface area contributed by atoms with Crippen LogP contribution in [0, 0.1) is 5.41 Å². The minimum Gasteiger partial charge on any atom is -0.479 e. The molecule has 2 aromatic rings. The van der Waals surface area contributed by atoms with E-state index in [0.717, 1.165) is 5.56 Å². The Labute approximate surface area is 123 Å². The van der Waals surface area contributed by atoms with Crippen LogP contribution in [0.3, 0.4) is 0 Å². The van der Waals surface area contributed by atoms with Crippen LogP contribution in [-0.4, -0.2) is 22.0 Å². The van der Waals surface area contributed by atoms with Crippen LogP contribution in [0.2, 0.25) is 5.02 Å². The predicted molar refractivity (Wildman–Crippen MR) is 78.0 cm³/mol. The van der Waals surface area contributed by atoms with Crippen LogP contribution in [0.25, 0.3) is 10.6 Å². The number of nitrogens with two attached hydrogens (primary N) is 1. The van der Waals surface area contributed by atoms with Gasteiger partial charge in [-0.1, -0.05) is 23.7 Å². The quantitative estimate of drug-likeness (QED) is 0.510. The molecule has 104 valence electrons. The maximum Gasteiger partial charge on any atom is 0.332 e. The van der Waals surface area contributed by atoms with Crippen molar-refractivity contribution in [2.24, 2.45) is 5.73 Å². The molecule has 0 saturated carbocycles. The number of rotatable bonds is 4. The van der Waals surface area contributed by atoms with Gasteiger partial charge >= 0.3 is 5.97 Å². The molecule has 0 amide bonds. The van der Waals surface area contributed by atoms with Gasteiger partial charge in [-0.25, -0.2) is 9.78 Å².